The molecule has 0 radical (unpaired) electrons. The molecular weight excluding hydrogens is 256 g/mol. The van der Waals surface area contributed by atoms with Crippen LogP contribution in [0.1, 0.15) is 35.8 Å². The molecule has 104 valence electrons. The number of pyridine rings is 1. The van der Waals surface area contributed by atoms with Crippen LogP contribution in [0, 0.1) is 22.7 Å². The van der Waals surface area contributed by atoms with Crippen LogP contribution in [0.5, 0.6) is 0 Å². The zero-order chi connectivity index (χ0) is 15.1. The summed E-state index contributed by atoms with van der Waals surface area (Å²) >= 11 is 0. The predicted molar refractivity (Wildman–Crippen MR) is 73.3 cm³/mol. The Morgan fingerprint density at radius 3 is 2.45 bits per heavy atom. The fraction of sp³-hybridized carbons (Fsp3) is 0.385. The summed E-state index contributed by atoms with van der Waals surface area (Å²) in [5.74, 6) is 5.43. The molecule has 1 aromatic heterocycles. The van der Waals surface area contributed by atoms with Crippen LogP contribution in [0.4, 0.5) is 5.82 Å². The second-order valence-electron chi connectivity index (χ2n) is 4.44. The molecule has 1 aromatic rings. The third kappa shape index (κ3) is 3.67. The van der Waals surface area contributed by atoms with E-state index in [1.165, 1.54) is 11.0 Å². The number of anilines is 1. The molecule has 7 nitrogen and oxygen atoms in total. The summed E-state index contributed by atoms with van der Waals surface area (Å²) in [6.45, 7) is 3.60. The summed E-state index contributed by atoms with van der Waals surface area (Å²) in [6, 6.07) is 6.88. The van der Waals surface area contributed by atoms with E-state index < -0.39 is 5.91 Å². The number of aromatic nitrogens is 1. The van der Waals surface area contributed by atoms with Crippen LogP contribution in [-0.4, -0.2) is 28.9 Å². The second-order valence-corrected chi connectivity index (χ2v) is 4.44. The van der Waals surface area contributed by atoms with Crippen molar-refractivity contribution in [1.29, 1.82) is 10.5 Å². The average molecular weight is 272 g/mol. The van der Waals surface area contributed by atoms with Gasteiger partial charge in [-0.2, -0.15) is 10.5 Å². The van der Waals surface area contributed by atoms with E-state index in [0.29, 0.717) is 17.1 Å². The Kier molecular flexibility index (Phi) is 5.45. The number of carbonyl (C=O) groups excluding carboxylic acids is 1. The molecule has 1 amide bonds. The highest BCUT2D eigenvalue weighted by Gasteiger charge is 2.17. The second kappa shape index (κ2) is 7.07. The maximum Gasteiger partial charge on any atom is 0.255 e. The molecule has 0 atom stereocenters. The quantitative estimate of drug-likeness (QED) is 0.468. The van der Waals surface area contributed by atoms with Gasteiger partial charge in [-0.3, -0.25) is 4.79 Å². The lowest BCUT2D eigenvalue weighted by molar-refractivity contribution is 0.0794. The van der Waals surface area contributed by atoms with Gasteiger partial charge in [0.15, 0.2) is 0 Å². The molecule has 0 aliphatic heterocycles. The molecule has 0 saturated heterocycles. The van der Waals surface area contributed by atoms with Crippen LogP contribution in [0.15, 0.2) is 12.1 Å². The van der Waals surface area contributed by atoms with E-state index >= 15 is 0 Å². The van der Waals surface area contributed by atoms with Crippen molar-refractivity contribution in [2.75, 3.05) is 18.5 Å². The molecule has 1 rings (SSSR count). The number of rotatable bonds is 5. The number of hydrazine groups is 1. The molecular formula is C13H16N6O. The molecule has 0 unspecified atom stereocenters. The normalized spacial score (nSPS) is 9.70. The summed E-state index contributed by atoms with van der Waals surface area (Å²) in [5, 5.41) is 17.4. The smallest absolute Gasteiger partial charge is 0.255 e. The van der Waals surface area contributed by atoms with Crippen molar-refractivity contribution in [3.05, 3.63) is 23.4 Å². The molecule has 0 aliphatic rings. The van der Waals surface area contributed by atoms with Crippen molar-refractivity contribution >= 4 is 11.7 Å². The number of nitrogens with one attached hydrogen (secondary N) is 1. The highest BCUT2D eigenvalue weighted by molar-refractivity contribution is 5.95. The first-order chi connectivity index (χ1) is 9.53. The van der Waals surface area contributed by atoms with Crippen molar-refractivity contribution in [3.8, 4) is 12.1 Å². The van der Waals surface area contributed by atoms with Gasteiger partial charge in [-0.25, -0.2) is 10.8 Å². The summed E-state index contributed by atoms with van der Waals surface area (Å²) in [6.07, 6.45) is 0. The van der Waals surface area contributed by atoms with Gasteiger partial charge in [-0.15, -0.1) is 0 Å². The minimum Gasteiger partial charge on any atom is -0.312 e. The monoisotopic (exact) mass is 272 g/mol. The van der Waals surface area contributed by atoms with Gasteiger partial charge in [0.1, 0.15) is 18.9 Å². The number of nitrogens with two attached hydrogens (primary N) is 1. The van der Waals surface area contributed by atoms with Gasteiger partial charge >= 0.3 is 0 Å². The zero-order valence-corrected chi connectivity index (χ0v) is 11.4. The Morgan fingerprint density at radius 2 is 2.00 bits per heavy atom. The van der Waals surface area contributed by atoms with Crippen LogP contribution < -0.4 is 11.3 Å². The average Bonchev–Trinajstić information content (AvgIpc) is 2.45. The standard InChI is InChI=1S/C13H16N6O/c1-9(2)11-7-10(8-12(17-11)18-16)13(20)19(5-3-14)6-4-15/h7-9H,5-6,16H2,1-2H3,(H,17,18). The van der Waals surface area contributed by atoms with Gasteiger partial charge in [0.05, 0.1) is 12.1 Å². The number of hydrogen-bond acceptors (Lipinski definition) is 6. The Morgan fingerprint density at radius 1 is 1.40 bits per heavy atom. The zero-order valence-electron chi connectivity index (χ0n) is 11.4. The van der Waals surface area contributed by atoms with Crippen LogP contribution >= 0.6 is 0 Å². The number of carbonyl (C=O) groups is 1. The lowest BCUT2D eigenvalue weighted by atomic mass is 10.1. The first-order valence-corrected chi connectivity index (χ1v) is 6.05. The van der Waals surface area contributed by atoms with Crippen LogP contribution in [0.2, 0.25) is 0 Å². The highest BCUT2D eigenvalue weighted by atomic mass is 16.2. The van der Waals surface area contributed by atoms with E-state index in [4.69, 9.17) is 16.4 Å². The fourth-order valence-corrected chi connectivity index (χ4v) is 1.60. The molecule has 0 saturated carbocycles. The highest BCUT2D eigenvalue weighted by Crippen LogP contribution is 2.18. The molecule has 1 heterocycles. The largest absolute Gasteiger partial charge is 0.312 e. The summed E-state index contributed by atoms with van der Waals surface area (Å²) in [5.41, 5.74) is 3.46. The summed E-state index contributed by atoms with van der Waals surface area (Å²) in [4.78, 5) is 17.7. The van der Waals surface area contributed by atoms with Gasteiger partial charge in [0.2, 0.25) is 0 Å². The molecule has 20 heavy (non-hydrogen) atoms. The Labute approximate surface area is 117 Å². The maximum atomic E-state index is 12.3. The van der Waals surface area contributed by atoms with E-state index in [-0.39, 0.29) is 19.0 Å². The molecule has 3 N–H and O–H groups in total. The molecule has 0 aromatic carbocycles. The lowest BCUT2D eigenvalue weighted by Crippen LogP contribution is -2.32. The predicted octanol–water partition coefficient (Wildman–Crippen LogP) is 0.980. The van der Waals surface area contributed by atoms with E-state index in [2.05, 4.69) is 10.4 Å². The van der Waals surface area contributed by atoms with E-state index in [1.807, 2.05) is 26.0 Å². The van der Waals surface area contributed by atoms with E-state index in [0.717, 1.165) is 0 Å². The van der Waals surface area contributed by atoms with Gasteiger partial charge in [-0.1, -0.05) is 13.8 Å². The van der Waals surface area contributed by atoms with Crippen LogP contribution in [0.25, 0.3) is 0 Å². The number of nitriles is 2. The maximum absolute atomic E-state index is 12.3. The molecule has 7 heteroatoms. The van der Waals surface area contributed by atoms with E-state index in [1.54, 1.807) is 6.07 Å². The van der Waals surface area contributed by atoms with Crippen molar-refractivity contribution < 1.29 is 4.79 Å². The molecule has 0 aliphatic carbocycles. The van der Waals surface area contributed by atoms with Crippen molar-refractivity contribution in [2.24, 2.45) is 5.84 Å². The SMILES string of the molecule is CC(C)c1cc(C(=O)N(CC#N)CC#N)cc(NN)n1. The minimum atomic E-state index is -0.395. The van der Waals surface area contributed by atoms with Crippen LogP contribution in [0.3, 0.4) is 0 Å². The topological polar surface area (TPSA) is 119 Å². The fourth-order valence-electron chi connectivity index (χ4n) is 1.60. The number of hydrogen-bond donors (Lipinski definition) is 2. The Balaban J connectivity index is 3.17. The first-order valence-electron chi connectivity index (χ1n) is 6.05. The Hall–Kier alpha value is -2.64. The lowest BCUT2D eigenvalue weighted by Gasteiger charge is -2.17. The van der Waals surface area contributed by atoms with E-state index in [9.17, 15) is 4.79 Å². The number of nitrogen functional groups attached to an aromatic ring is 1. The number of nitrogens with zero attached hydrogens (tertiary/aromatic N) is 4. The molecule has 0 spiro atoms. The van der Waals surface area contributed by atoms with Gasteiger partial charge in [0.25, 0.3) is 5.91 Å². The molecule has 0 bridgehead atoms. The summed E-state index contributed by atoms with van der Waals surface area (Å²) in [7, 11) is 0. The third-order valence-electron chi connectivity index (χ3n) is 2.64. The first kappa shape index (κ1) is 15.4. The molecule has 0 fully saturated rings. The van der Waals surface area contributed by atoms with Crippen molar-refractivity contribution in [3.63, 3.8) is 0 Å². The number of amides is 1. The van der Waals surface area contributed by atoms with Gasteiger partial charge in [0, 0.05) is 11.3 Å². The van der Waals surface area contributed by atoms with Crippen molar-refractivity contribution in [2.45, 2.75) is 19.8 Å². The van der Waals surface area contributed by atoms with Crippen LogP contribution in [-0.2, 0) is 0 Å². The third-order valence-corrected chi connectivity index (χ3v) is 2.64. The van der Waals surface area contributed by atoms with Gasteiger partial charge in [-0.05, 0) is 18.1 Å². The Bertz CT molecular complexity index is 553. The van der Waals surface area contributed by atoms with Gasteiger partial charge < -0.3 is 10.3 Å². The minimum absolute atomic E-state index is 0.121. The summed E-state index contributed by atoms with van der Waals surface area (Å²) < 4.78 is 0. The van der Waals surface area contributed by atoms with Crippen molar-refractivity contribution in [1.82, 2.24) is 9.88 Å².